The van der Waals surface area contributed by atoms with Crippen molar-refractivity contribution in [3.63, 3.8) is 0 Å². The lowest BCUT2D eigenvalue weighted by atomic mass is 9.80. The quantitative estimate of drug-likeness (QED) is 0.601. The van der Waals surface area contributed by atoms with Crippen molar-refractivity contribution >= 4 is 12.6 Å². The summed E-state index contributed by atoms with van der Waals surface area (Å²) >= 11 is 0. The lowest BCUT2D eigenvalue weighted by Crippen LogP contribution is -2.29. The Morgan fingerprint density at radius 2 is 2.33 bits per heavy atom. The van der Waals surface area contributed by atoms with Crippen molar-refractivity contribution in [3.05, 3.63) is 23.8 Å². The summed E-state index contributed by atoms with van der Waals surface area (Å²) < 4.78 is 47.2. The first-order valence-electron chi connectivity index (χ1n) is 6.20. The number of ether oxygens (including phenoxy) is 1. The number of aryl methyl sites for hydroxylation is 1. The third-order valence-electron chi connectivity index (χ3n) is 1.41. The van der Waals surface area contributed by atoms with E-state index in [1.165, 1.54) is 6.07 Å². The molecule has 0 amide bonds. The van der Waals surface area contributed by atoms with E-state index in [9.17, 15) is 0 Å². The van der Waals surface area contributed by atoms with E-state index >= 15 is 0 Å². The molecule has 0 saturated heterocycles. The summed E-state index contributed by atoms with van der Waals surface area (Å²) in [5.41, 5.74) is -0.356. The van der Waals surface area contributed by atoms with E-state index in [1.807, 2.05) is 0 Å². The summed E-state index contributed by atoms with van der Waals surface area (Å²) in [7, 11) is -4.66. The molecule has 1 aromatic rings. The molecule has 0 aliphatic carbocycles. The molecule has 0 bridgehead atoms. The van der Waals surface area contributed by atoms with Crippen LogP contribution in [-0.2, 0) is 0 Å². The van der Waals surface area contributed by atoms with E-state index in [1.54, 1.807) is 0 Å². The molecule has 0 aromatic heterocycles. The first-order valence-corrected chi connectivity index (χ1v) is 3.20. The van der Waals surface area contributed by atoms with Crippen LogP contribution in [0.4, 0.5) is 0 Å². The largest absolute Gasteiger partial charge is 0.497 e. The Morgan fingerprint density at radius 3 is 2.92 bits per heavy atom. The fraction of sp³-hybridized carbons (Fsp3) is 0.250. The molecule has 3 nitrogen and oxygen atoms in total. The molecule has 0 aliphatic heterocycles. The van der Waals surface area contributed by atoms with E-state index in [2.05, 4.69) is 4.74 Å². The number of hydrogen-bond acceptors (Lipinski definition) is 3. The zero-order valence-electron chi connectivity index (χ0n) is 12.1. The van der Waals surface area contributed by atoms with Gasteiger partial charge in [0.05, 0.1) is 11.2 Å². The summed E-state index contributed by atoms with van der Waals surface area (Å²) in [4.78, 5) is 0. The maximum Gasteiger partial charge on any atom is 0.488 e. The van der Waals surface area contributed by atoms with Crippen molar-refractivity contribution in [2.75, 3.05) is 7.04 Å². The van der Waals surface area contributed by atoms with Crippen LogP contribution in [0.5, 0.6) is 5.75 Å². The van der Waals surface area contributed by atoms with E-state index in [0.29, 0.717) is 0 Å². The zero-order chi connectivity index (χ0) is 14.1. The van der Waals surface area contributed by atoms with E-state index < -0.39 is 26.8 Å². The first kappa shape index (κ1) is 3.81. The normalized spacial score (nSPS) is 19.2. The maximum atomic E-state index is 8.96. The average molecular weight is 172 g/mol. The van der Waals surface area contributed by atoms with E-state index in [0.717, 1.165) is 12.1 Å². The van der Waals surface area contributed by atoms with Crippen LogP contribution in [0.3, 0.4) is 0 Å². The summed E-state index contributed by atoms with van der Waals surface area (Å²) in [5.74, 6) is -0.416. The second-order valence-corrected chi connectivity index (χ2v) is 2.23. The van der Waals surface area contributed by atoms with Crippen LogP contribution in [0.15, 0.2) is 18.2 Å². The van der Waals surface area contributed by atoms with Gasteiger partial charge in [-0.3, -0.25) is 0 Å². The molecular weight excluding hydrogens is 155 g/mol. The average Bonchev–Trinajstić information content (AvgIpc) is 2.12. The van der Waals surface area contributed by atoms with Gasteiger partial charge in [0.1, 0.15) is 5.75 Å². The molecule has 64 valence electrons. The highest BCUT2D eigenvalue weighted by atomic mass is 16.5. The monoisotopic (exact) mass is 172 g/mol. The van der Waals surface area contributed by atoms with Gasteiger partial charge in [0, 0.05) is 4.11 Å². The Hall–Kier alpha value is -0.995. The second kappa shape index (κ2) is 3.60. The van der Waals surface area contributed by atoms with Crippen LogP contribution in [0, 0.1) is 6.85 Å². The Balaban J connectivity index is 3.27. The minimum Gasteiger partial charge on any atom is -0.497 e. The van der Waals surface area contributed by atoms with Crippen molar-refractivity contribution < 1.29 is 23.0 Å². The lowest BCUT2D eigenvalue weighted by molar-refractivity contribution is 0.409. The van der Waals surface area contributed by atoms with Crippen molar-refractivity contribution in [2.45, 2.75) is 6.85 Å². The highest BCUT2D eigenvalue weighted by Gasteiger charge is 2.11. The number of benzene rings is 1. The Labute approximate surface area is 80.2 Å². The molecule has 12 heavy (non-hydrogen) atoms. The lowest BCUT2D eigenvalue weighted by Gasteiger charge is -2.06. The highest BCUT2D eigenvalue weighted by molar-refractivity contribution is 6.58. The first-order chi connectivity index (χ1) is 8.00. The molecular formula is C8H11BO3. The molecule has 0 heterocycles. The third-order valence-corrected chi connectivity index (χ3v) is 1.41. The topological polar surface area (TPSA) is 49.7 Å². The van der Waals surface area contributed by atoms with Gasteiger partial charge in [0.15, 0.2) is 0 Å². The predicted octanol–water partition coefficient (Wildman–Crippen LogP) is -0.317. The summed E-state index contributed by atoms with van der Waals surface area (Å²) in [6.45, 7) is -2.56. The van der Waals surface area contributed by atoms with Gasteiger partial charge in [-0.25, -0.2) is 0 Å². The smallest absolute Gasteiger partial charge is 0.488 e. The minimum atomic E-state index is -2.82. The standard InChI is InChI=1S/C8H11BO3/c1-6-3-4-7(9(10)11)5-8(6)12-2/h3-5,10-11H,1-2H3/i1D3,2D3. The number of hydrogen-bond donors (Lipinski definition) is 2. The van der Waals surface area contributed by atoms with Crippen molar-refractivity contribution in [3.8, 4) is 5.75 Å². The van der Waals surface area contributed by atoms with Crippen LogP contribution in [0.1, 0.15) is 13.8 Å². The molecule has 0 unspecified atom stereocenters. The Kier molecular flexibility index (Phi) is 1.14. The fourth-order valence-electron chi connectivity index (χ4n) is 0.784. The maximum absolute atomic E-state index is 8.96. The Morgan fingerprint density at radius 1 is 1.50 bits per heavy atom. The fourth-order valence-corrected chi connectivity index (χ4v) is 0.784. The highest BCUT2D eigenvalue weighted by Crippen LogP contribution is 2.13. The number of rotatable bonds is 2. The molecule has 0 saturated carbocycles. The molecule has 1 rings (SSSR count). The second-order valence-electron chi connectivity index (χ2n) is 2.23. The van der Waals surface area contributed by atoms with Gasteiger partial charge in [-0.1, -0.05) is 12.1 Å². The van der Waals surface area contributed by atoms with Gasteiger partial charge >= 0.3 is 7.12 Å². The minimum absolute atomic E-state index is 0.0535. The molecule has 1 aromatic carbocycles. The molecule has 0 spiro atoms. The van der Waals surface area contributed by atoms with Crippen LogP contribution in [0.25, 0.3) is 0 Å². The Bertz CT molecular complexity index is 428. The van der Waals surface area contributed by atoms with Gasteiger partial charge in [-0.2, -0.15) is 0 Å². The summed E-state index contributed by atoms with van der Waals surface area (Å²) in [6.07, 6.45) is 0. The van der Waals surface area contributed by atoms with Crippen LogP contribution >= 0.6 is 0 Å². The van der Waals surface area contributed by atoms with Gasteiger partial charge in [0.2, 0.25) is 0 Å². The SMILES string of the molecule is [2H]C([2H])([2H])Oc1cc(B(O)O)ccc1C([2H])([2H])[2H]. The van der Waals surface area contributed by atoms with E-state index in [4.69, 9.17) is 18.3 Å². The summed E-state index contributed by atoms with van der Waals surface area (Å²) in [6, 6.07) is 3.25. The molecule has 0 radical (unpaired) electrons. The molecule has 2 N–H and O–H groups in total. The van der Waals surface area contributed by atoms with Crippen LogP contribution in [-0.4, -0.2) is 24.2 Å². The molecule has 4 heteroatoms. The van der Waals surface area contributed by atoms with Gasteiger partial charge in [-0.05, 0) is 23.9 Å². The third kappa shape index (κ3) is 1.78. The molecule has 0 fully saturated rings. The van der Waals surface area contributed by atoms with Gasteiger partial charge in [0.25, 0.3) is 0 Å². The van der Waals surface area contributed by atoms with Gasteiger partial charge < -0.3 is 14.8 Å². The van der Waals surface area contributed by atoms with Crippen molar-refractivity contribution in [1.82, 2.24) is 0 Å². The van der Waals surface area contributed by atoms with Crippen molar-refractivity contribution in [2.24, 2.45) is 0 Å². The van der Waals surface area contributed by atoms with Gasteiger partial charge in [-0.15, -0.1) is 0 Å². The van der Waals surface area contributed by atoms with Crippen molar-refractivity contribution in [1.29, 1.82) is 0 Å². The predicted molar refractivity (Wildman–Crippen MR) is 47.6 cm³/mol. The zero-order valence-corrected chi connectivity index (χ0v) is 6.11. The van der Waals surface area contributed by atoms with E-state index in [-0.39, 0.29) is 11.0 Å². The molecule has 0 atom stereocenters. The molecule has 0 aliphatic rings. The van der Waals surface area contributed by atoms with Crippen LogP contribution < -0.4 is 10.2 Å². The summed E-state index contributed by atoms with van der Waals surface area (Å²) in [5, 5.41) is 17.9. The van der Waals surface area contributed by atoms with Crippen LogP contribution in [0.2, 0.25) is 0 Å². The number of methoxy groups -OCH3 is 1.